The molecule has 0 saturated heterocycles. The van der Waals surface area contributed by atoms with E-state index in [4.69, 9.17) is 11.6 Å². The number of nitrogens with one attached hydrogen (secondary N) is 1. The van der Waals surface area contributed by atoms with Gasteiger partial charge in [0.05, 0.1) is 0 Å². The Labute approximate surface area is 138 Å². The molecule has 1 atom stereocenters. The second-order valence-corrected chi connectivity index (χ2v) is 6.23. The lowest BCUT2D eigenvalue weighted by atomic mass is 9.98. The Balaban J connectivity index is 2.27. The van der Waals surface area contributed by atoms with Gasteiger partial charge in [0.15, 0.2) is 0 Å². The van der Waals surface area contributed by atoms with Crippen molar-refractivity contribution in [2.75, 3.05) is 6.54 Å². The molecule has 2 rings (SSSR count). The van der Waals surface area contributed by atoms with E-state index in [2.05, 4.69) is 34.2 Å². The highest BCUT2D eigenvalue weighted by Crippen LogP contribution is 2.29. The van der Waals surface area contributed by atoms with Crippen molar-refractivity contribution < 1.29 is 4.39 Å². The summed E-state index contributed by atoms with van der Waals surface area (Å²) in [4.78, 5) is 0. The third kappa shape index (κ3) is 4.53. The fourth-order valence-electron chi connectivity index (χ4n) is 2.28. The van der Waals surface area contributed by atoms with E-state index < -0.39 is 0 Å². The third-order valence-corrected chi connectivity index (χ3v) is 4.46. The van der Waals surface area contributed by atoms with Crippen LogP contribution in [0.15, 0.2) is 46.9 Å². The lowest BCUT2D eigenvalue weighted by molar-refractivity contribution is 0.527. The van der Waals surface area contributed by atoms with Crippen LogP contribution in [0, 0.1) is 5.82 Å². The molecule has 0 aliphatic rings. The molecule has 0 aliphatic heterocycles. The van der Waals surface area contributed by atoms with Gasteiger partial charge in [-0.2, -0.15) is 0 Å². The van der Waals surface area contributed by atoms with Crippen molar-refractivity contribution in [1.29, 1.82) is 0 Å². The number of rotatable bonds is 6. The Hall–Kier alpha value is -0.900. The maximum Gasteiger partial charge on any atom is 0.124 e. The first-order valence-electron chi connectivity index (χ1n) is 7.03. The second kappa shape index (κ2) is 7.92. The number of hydrogen-bond acceptors (Lipinski definition) is 1. The van der Waals surface area contributed by atoms with E-state index in [1.807, 2.05) is 18.2 Å². The van der Waals surface area contributed by atoms with Crippen molar-refractivity contribution >= 4 is 27.5 Å². The molecule has 0 amide bonds. The Morgan fingerprint density at radius 3 is 2.67 bits per heavy atom. The first kappa shape index (κ1) is 16.5. The van der Waals surface area contributed by atoms with E-state index in [0.29, 0.717) is 5.02 Å². The number of halogens is 3. The quantitative estimate of drug-likeness (QED) is 0.705. The molecule has 2 aromatic rings. The summed E-state index contributed by atoms with van der Waals surface area (Å²) in [5.41, 5.74) is 2.13. The van der Waals surface area contributed by atoms with Crippen LogP contribution in [0.2, 0.25) is 5.02 Å². The van der Waals surface area contributed by atoms with Crippen LogP contribution in [0.5, 0.6) is 0 Å². The van der Waals surface area contributed by atoms with Crippen molar-refractivity contribution in [2.24, 2.45) is 0 Å². The normalized spacial score (nSPS) is 12.4. The van der Waals surface area contributed by atoms with Gasteiger partial charge in [-0.15, -0.1) is 0 Å². The minimum Gasteiger partial charge on any atom is -0.310 e. The molecule has 0 fully saturated rings. The van der Waals surface area contributed by atoms with Gasteiger partial charge in [-0.1, -0.05) is 58.7 Å². The molecule has 0 aromatic heterocycles. The van der Waals surface area contributed by atoms with E-state index in [1.54, 1.807) is 6.07 Å². The van der Waals surface area contributed by atoms with Gasteiger partial charge in [-0.05, 0) is 48.7 Å². The predicted octanol–water partition coefficient (Wildman–Crippen LogP) is 5.53. The van der Waals surface area contributed by atoms with Crippen molar-refractivity contribution in [2.45, 2.75) is 25.8 Å². The zero-order valence-electron chi connectivity index (χ0n) is 11.9. The van der Waals surface area contributed by atoms with Crippen LogP contribution in [0.25, 0.3) is 0 Å². The third-order valence-electron chi connectivity index (χ3n) is 3.36. The largest absolute Gasteiger partial charge is 0.310 e. The van der Waals surface area contributed by atoms with Gasteiger partial charge in [-0.3, -0.25) is 0 Å². The molecule has 4 heteroatoms. The van der Waals surface area contributed by atoms with Gasteiger partial charge in [0.2, 0.25) is 0 Å². The summed E-state index contributed by atoms with van der Waals surface area (Å²) < 4.78 is 14.3. The predicted molar refractivity (Wildman–Crippen MR) is 90.3 cm³/mol. The summed E-state index contributed by atoms with van der Waals surface area (Å²) in [6.07, 6.45) is 1.83. The first-order valence-corrected chi connectivity index (χ1v) is 8.20. The highest BCUT2D eigenvalue weighted by molar-refractivity contribution is 9.10. The Bertz CT molecular complexity index is 603. The topological polar surface area (TPSA) is 12.0 Å². The number of benzene rings is 2. The second-order valence-electron chi connectivity index (χ2n) is 4.97. The van der Waals surface area contributed by atoms with E-state index >= 15 is 0 Å². The molecule has 0 radical (unpaired) electrons. The van der Waals surface area contributed by atoms with E-state index in [1.165, 1.54) is 17.7 Å². The molecule has 2 aromatic carbocycles. The van der Waals surface area contributed by atoms with Gasteiger partial charge >= 0.3 is 0 Å². The zero-order valence-corrected chi connectivity index (χ0v) is 14.2. The van der Waals surface area contributed by atoms with Gasteiger partial charge < -0.3 is 5.32 Å². The SMILES string of the molecule is CCCNC(Cc1ccccc1Br)c1ccc(F)cc1Cl. The molecular weight excluding hydrogens is 353 g/mol. The standard InChI is InChI=1S/C17H18BrClFN/c1-2-9-21-17(10-12-5-3-4-6-15(12)18)14-8-7-13(20)11-16(14)19/h3-8,11,17,21H,2,9-10H2,1H3. The van der Waals surface area contributed by atoms with Crippen LogP contribution >= 0.6 is 27.5 Å². The van der Waals surface area contributed by atoms with Gasteiger partial charge in [0.25, 0.3) is 0 Å². The summed E-state index contributed by atoms with van der Waals surface area (Å²) in [6, 6.07) is 12.8. The zero-order chi connectivity index (χ0) is 15.2. The summed E-state index contributed by atoms with van der Waals surface area (Å²) in [5, 5.41) is 3.96. The minimum absolute atomic E-state index is 0.0664. The summed E-state index contributed by atoms with van der Waals surface area (Å²) in [5.74, 6) is -0.307. The average molecular weight is 371 g/mol. The molecule has 0 aliphatic carbocycles. The van der Waals surface area contributed by atoms with Crippen LogP contribution in [0.4, 0.5) is 4.39 Å². The fraction of sp³-hybridized carbons (Fsp3) is 0.294. The Morgan fingerprint density at radius 2 is 2.00 bits per heavy atom. The Kier molecular flexibility index (Phi) is 6.22. The van der Waals surface area contributed by atoms with E-state index in [0.717, 1.165) is 29.4 Å². The molecule has 21 heavy (non-hydrogen) atoms. The van der Waals surface area contributed by atoms with Gasteiger partial charge in [0, 0.05) is 15.5 Å². The lowest BCUT2D eigenvalue weighted by Gasteiger charge is -2.21. The first-order chi connectivity index (χ1) is 10.1. The summed E-state index contributed by atoms with van der Waals surface area (Å²) >= 11 is 9.79. The number of hydrogen-bond donors (Lipinski definition) is 1. The highest BCUT2D eigenvalue weighted by Gasteiger charge is 2.16. The minimum atomic E-state index is -0.307. The molecule has 0 saturated carbocycles. The van der Waals surface area contributed by atoms with Crippen molar-refractivity contribution in [1.82, 2.24) is 5.32 Å². The molecule has 1 N–H and O–H groups in total. The van der Waals surface area contributed by atoms with Crippen LogP contribution in [-0.4, -0.2) is 6.54 Å². The maximum atomic E-state index is 13.2. The molecular formula is C17H18BrClFN. The van der Waals surface area contributed by atoms with Crippen molar-refractivity contribution in [3.05, 3.63) is 68.9 Å². The summed E-state index contributed by atoms with van der Waals surface area (Å²) in [6.45, 7) is 3.01. The Morgan fingerprint density at radius 1 is 1.24 bits per heavy atom. The van der Waals surface area contributed by atoms with E-state index in [9.17, 15) is 4.39 Å². The average Bonchev–Trinajstić information content (AvgIpc) is 2.46. The smallest absolute Gasteiger partial charge is 0.124 e. The highest BCUT2D eigenvalue weighted by atomic mass is 79.9. The van der Waals surface area contributed by atoms with E-state index in [-0.39, 0.29) is 11.9 Å². The molecule has 1 nitrogen and oxygen atoms in total. The molecule has 0 bridgehead atoms. The van der Waals surface area contributed by atoms with Crippen LogP contribution < -0.4 is 5.32 Å². The molecule has 0 spiro atoms. The summed E-state index contributed by atoms with van der Waals surface area (Å²) in [7, 11) is 0. The van der Waals surface area contributed by atoms with Gasteiger partial charge in [0.1, 0.15) is 5.82 Å². The van der Waals surface area contributed by atoms with Crippen LogP contribution in [-0.2, 0) is 6.42 Å². The molecule has 1 unspecified atom stereocenters. The molecule has 112 valence electrons. The lowest BCUT2D eigenvalue weighted by Crippen LogP contribution is -2.24. The van der Waals surface area contributed by atoms with Crippen LogP contribution in [0.3, 0.4) is 0 Å². The fourth-order valence-corrected chi connectivity index (χ4v) is 3.02. The maximum absolute atomic E-state index is 13.2. The molecule has 0 heterocycles. The monoisotopic (exact) mass is 369 g/mol. The van der Waals surface area contributed by atoms with Crippen molar-refractivity contribution in [3.63, 3.8) is 0 Å². The van der Waals surface area contributed by atoms with Gasteiger partial charge in [-0.25, -0.2) is 4.39 Å². The van der Waals surface area contributed by atoms with Crippen LogP contribution in [0.1, 0.15) is 30.5 Å². The van der Waals surface area contributed by atoms with Crippen molar-refractivity contribution in [3.8, 4) is 0 Å².